The number of nitro benzene ring substituents is 1. The highest BCUT2D eigenvalue weighted by molar-refractivity contribution is 5.98. The van der Waals surface area contributed by atoms with E-state index in [2.05, 4.69) is 5.32 Å². The van der Waals surface area contributed by atoms with E-state index in [0.717, 1.165) is 12.1 Å². The third kappa shape index (κ3) is 3.99. The van der Waals surface area contributed by atoms with Gasteiger partial charge in [0.25, 0.3) is 11.6 Å². The van der Waals surface area contributed by atoms with Crippen LogP contribution in [0.1, 0.15) is 30.1 Å². The smallest absolute Gasteiger partial charge is 0.285 e. The molecule has 0 heterocycles. The zero-order chi connectivity index (χ0) is 14.4. The molecule has 19 heavy (non-hydrogen) atoms. The molecule has 1 unspecified atom stereocenters. The number of rotatable bonds is 6. The predicted molar refractivity (Wildman–Crippen MR) is 66.3 cm³/mol. The van der Waals surface area contributed by atoms with Crippen LogP contribution in [-0.2, 0) is 0 Å². The first-order valence-corrected chi connectivity index (χ1v) is 5.85. The van der Waals surface area contributed by atoms with Crippen LogP contribution in [0.3, 0.4) is 0 Å². The Morgan fingerprint density at radius 2 is 2.26 bits per heavy atom. The molecule has 0 spiro atoms. The number of hydrogen-bond donors (Lipinski definition) is 2. The van der Waals surface area contributed by atoms with Gasteiger partial charge in [-0.1, -0.05) is 6.92 Å². The number of nitrogens with zero attached hydrogens (tertiary/aromatic N) is 1. The van der Waals surface area contributed by atoms with E-state index < -0.39 is 22.3 Å². The lowest BCUT2D eigenvalue weighted by Gasteiger charge is -2.15. The van der Waals surface area contributed by atoms with E-state index in [-0.39, 0.29) is 18.2 Å². The molecule has 0 bridgehead atoms. The van der Waals surface area contributed by atoms with E-state index in [0.29, 0.717) is 18.9 Å². The summed E-state index contributed by atoms with van der Waals surface area (Å²) in [5, 5.41) is 22.2. The molecule has 7 heteroatoms. The van der Waals surface area contributed by atoms with Gasteiger partial charge in [0, 0.05) is 12.6 Å². The van der Waals surface area contributed by atoms with Gasteiger partial charge in [0.05, 0.1) is 11.0 Å². The molecule has 1 amide bonds. The standard InChI is InChI=1S/C12H15FN2O4/c1-2-9(5-6-16)14-12(17)10-4-3-8(13)7-11(10)15(18)19/h3-4,7,9,16H,2,5-6H2,1H3,(H,14,17). The second kappa shape index (κ2) is 6.79. The topological polar surface area (TPSA) is 92.5 Å². The molecule has 1 aromatic rings. The van der Waals surface area contributed by atoms with Gasteiger partial charge in [0.1, 0.15) is 11.4 Å². The van der Waals surface area contributed by atoms with Crippen LogP contribution < -0.4 is 5.32 Å². The van der Waals surface area contributed by atoms with Crippen molar-refractivity contribution in [2.24, 2.45) is 0 Å². The molecule has 0 aliphatic rings. The van der Waals surface area contributed by atoms with E-state index in [1.807, 2.05) is 6.92 Å². The Kier molecular flexibility index (Phi) is 5.37. The molecule has 6 nitrogen and oxygen atoms in total. The predicted octanol–water partition coefficient (Wildman–Crippen LogP) is 1.62. The number of amides is 1. The normalized spacial score (nSPS) is 11.9. The third-order valence-corrected chi connectivity index (χ3v) is 2.71. The van der Waals surface area contributed by atoms with Gasteiger partial charge in [-0.2, -0.15) is 0 Å². The van der Waals surface area contributed by atoms with Crippen molar-refractivity contribution in [2.45, 2.75) is 25.8 Å². The Hall–Kier alpha value is -2.02. The van der Waals surface area contributed by atoms with Crippen molar-refractivity contribution < 1.29 is 19.2 Å². The summed E-state index contributed by atoms with van der Waals surface area (Å²) in [6.07, 6.45) is 0.943. The van der Waals surface area contributed by atoms with Gasteiger partial charge in [-0.15, -0.1) is 0 Å². The largest absolute Gasteiger partial charge is 0.396 e. The molecule has 1 atom stereocenters. The first-order valence-electron chi connectivity index (χ1n) is 5.85. The van der Waals surface area contributed by atoms with Gasteiger partial charge in [0.2, 0.25) is 0 Å². The third-order valence-electron chi connectivity index (χ3n) is 2.71. The lowest BCUT2D eigenvalue weighted by Crippen LogP contribution is -2.35. The van der Waals surface area contributed by atoms with E-state index in [1.165, 1.54) is 0 Å². The number of nitro groups is 1. The van der Waals surface area contributed by atoms with Crippen molar-refractivity contribution >= 4 is 11.6 Å². The maximum Gasteiger partial charge on any atom is 0.285 e. The minimum Gasteiger partial charge on any atom is -0.396 e. The zero-order valence-electron chi connectivity index (χ0n) is 10.4. The summed E-state index contributed by atoms with van der Waals surface area (Å²) in [5.41, 5.74) is -0.765. The van der Waals surface area contributed by atoms with E-state index in [9.17, 15) is 19.3 Å². The molecule has 1 rings (SSSR count). The number of hydrogen-bond acceptors (Lipinski definition) is 4. The number of nitrogens with one attached hydrogen (secondary N) is 1. The minimum absolute atomic E-state index is 0.0930. The summed E-state index contributed by atoms with van der Waals surface area (Å²) in [7, 11) is 0. The van der Waals surface area contributed by atoms with Crippen molar-refractivity contribution in [1.29, 1.82) is 0 Å². The number of carbonyl (C=O) groups excluding carboxylic acids is 1. The van der Waals surface area contributed by atoms with Gasteiger partial charge >= 0.3 is 0 Å². The molecular weight excluding hydrogens is 255 g/mol. The molecule has 0 saturated carbocycles. The summed E-state index contributed by atoms with van der Waals surface area (Å²) in [6, 6.07) is 2.51. The van der Waals surface area contributed by atoms with Crippen LogP contribution in [0.2, 0.25) is 0 Å². The Morgan fingerprint density at radius 1 is 1.58 bits per heavy atom. The summed E-state index contributed by atoms with van der Waals surface area (Å²) >= 11 is 0. The van der Waals surface area contributed by atoms with Crippen LogP contribution in [-0.4, -0.2) is 28.6 Å². The summed E-state index contributed by atoms with van der Waals surface area (Å²) in [6.45, 7) is 1.73. The van der Waals surface area contributed by atoms with E-state index in [4.69, 9.17) is 5.11 Å². The van der Waals surface area contributed by atoms with Crippen LogP contribution >= 0.6 is 0 Å². The fraction of sp³-hybridized carbons (Fsp3) is 0.417. The first-order chi connectivity index (χ1) is 8.99. The Morgan fingerprint density at radius 3 is 2.79 bits per heavy atom. The molecule has 1 aromatic carbocycles. The lowest BCUT2D eigenvalue weighted by atomic mass is 10.1. The van der Waals surface area contributed by atoms with Crippen LogP contribution in [0.15, 0.2) is 18.2 Å². The van der Waals surface area contributed by atoms with Gasteiger partial charge in [-0.05, 0) is 25.0 Å². The van der Waals surface area contributed by atoms with Crippen molar-refractivity contribution in [3.8, 4) is 0 Å². The average Bonchev–Trinajstić information content (AvgIpc) is 2.37. The van der Waals surface area contributed by atoms with E-state index in [1.54, 1.807) is 0 Å². The highest BCUT2D eigenvalue weighted by Crippen LogP contribution is 2.20. The fourth-order valence-electron chi connectivity index (χ4n) is 1.65. The number of aliphatic hydroxyl groups excluding tert-OH is 1. The van der Waals surface area contributed by atoms with Gasteiger partial charge in [-0.25, -0.2) is 4.39 Å². The molecule has 0 aliphatic carbocycles. The van der Waals surface area contributed by atoms with Crippen LogP contribution in [0.4, 0.5) is 10.1 Å². The Balaban J connectivity index is 2.96. The maximum absolute atomic E-state index is 13.0. The molecule has 0 saturated heterocycles. The van der Waals surface area contributed by atoms with Gasteiger partial charge < -0.3 is 10.4 Å². The average molecular weight is 270 g/mol. The summed E-state index contributed by atoms with van der Waals surface area (Å²) in [5.74, 6) is -1.42. The SMILES string of the molecule is CCC(CCO)NC(=O)c1ccc(F)cc1[N+](=O)[O-]. The number of benzene rings is 1. The maximum atomic E-state index is 13.0. The van der Waals surface area contributed by atoms with Crippen molar-refractivity contribution in [3.05, 3.63) is 39.7 Å². The van der Waals surface area contributed by atoms with Crippen LogP contribution in [0, 0.1) is 15.9 Å². The quantitative estimate of drug-likeness (QED) is 0.607. The summed E-state index contributed by atoms with van der Waals surface area (Å²) < 4.78 is 13.0. The number of carbonyl (C=O) groups is 1. The van der Waals surface area contributed by atoms with Crippen molar-refractivity contribution in [2.75, 3.05) is 6.61 Å². The lowest BCUT2D eigenvalue weighted by molar-refractivity contribution is -0.385. The monoisotopic (exact) mass is 270 g/mol. The summed E-state index contributed by atoms with van der Waals surface area (Å²) in [4.78, 5) is 21.9. The van der Waals surface area contributed by atoms with Crippen molar-refractivity contribution in [1.82, 2.24) is 5.32 Å². The van der Waals surface area contributed by atoms with E-state index >= 15 is 0 Å². The molecular formula is C12H15FN2O4. The highest BCUT2D eigenvalue weighted by Gasteiger charge is 2.22. The molecule has 0 aromatic heterocycles. The van der Waals surface area contributed by atoms with Crippen LogP contribution in [0.25, 0.3) is 0 Å². The molecule has 0 fully saturated rings. The number of halogens is 1. The molecule has 0 radical (unpaired) electrons. The van der Waals surface area contributed by atoms with Gasteiger partial charge in [0.15, 0.2) is 0 Å². The Labute approximate surface area is 109 Å². The minimum atomic E-state index is -0.801. The zero-order valence-corrected chi connectivity index (χ0v) is 10.4. The Bertz CT molecular complexity index is 479. The second-order valence-corrected chi connectivity index (χ2v) is 4.01. The van der Waals surface area contributed by atoms with Crippen molar-refractivity contribution in [3.63, 3.8) is 0 Å². The van der Waals surface area contributed by atoms with Gasteiger partial charge in [-0.3, -0.25) is 14.9 Å². The number of aliphatic hydroxyl groups is 1. The molecule has 0 aliphatic heterocycles. The fourth-order valence-corrected chi connectivity index (χ4v) is 1.65. The molecule has 2 N–H and O–H groups in total. The molecule has 104 valence electrons. The first kappa shape index (κ1) is 15.0. The van der Waals surface area contributed by atoms with Crippen LogP contribution in [0.5, 0.6) is 0 Å². The highest BCUT2D eigenvalue weighted by atomic mass is 19.1. The second-order valence-electron chi connectivity index (χ2n) is 4.01.